The molecule has 0 bridgehead atoms. The summed E-state index contributed by atoms with van der Waals surface area (Å²) in [5, 5.41) is 0. The van der Waals surface area contributed by atoms with Crippen LogP contribution in [-0.2, 0) is 4.79 Å². The zero-order valence-electron chi connectivity index (χ0n) is 6.40. The fourth-order valence-electron chi connectivity index (χ4n) is 1.16. The molecule has 1 aromatic rings. The maximum atomic E-state index is 11.1. The lowest BCUT2D eigenvalue weighted by molar-refractivity contribution is -0.112. The average Bonchev–Trinajstić information content (AvgIpc) is 2.53. The topological polar surface area (TPSA) is 29.4 Å². The zero-order chi connectivity index (χ0) is 8.39. The van der Waals surface area contributed by atoms with E-state index in [1.807, 2.05) is 30.3 Å². The zero-order valence-corrected chi connectivity index (χ0v) is 6.40. The molecule has 0 radical (unpaired) electrons. The molecule has 0 spiro atoms. The number of hydrogen-bond donors (Lipinski definition) is 0. The molecule has 1 aliphatic heterocycles. The number of rotatable bonds is 1. The van der Waals surface area contributed by atoms with Crippen molar-refractivity contribution < 1.29 is 4.79 Å². The second-order valence-corrected chi connectivity index (χ2v) is 2.53. The number of allylic oxidation sites excluding steroid dienone is 1. The summed E-state index contributed by atoms with van der Waals surface area (Å²) in [4.78, 5) is 14.7. The van der Waals surface area contributed by atoms with Crippen LogP contribution < -0.4 is 0 Å². The van der Waals surface area contributed by atoms with E-state index in [0.29, 0.717) is 5.57 Å². The van der Waals surface area contributed by atoms with E-state index in [0.717, 1.165) is 5.56 Å². The minimum absolute atomic E-state index is 0.152. The van der Waals surface area contributed by atoms with Crippen molar-refractivity contribution in [2.45, 2.75) is 0 Å². The van der Waals surface area contributed by atoms with Crippen LogP contribution in [-0.4, -0.2) is 12.1 Å². The molecule has 0 atom stereocenters. The van der Waals surface area contributed by atoms with Crippen LogP contribution in [0.2, 0.25) is 0 Å². The lowest BCUT2D eigenvalue weighted by atomic mass is 10.1. The smallest absolute Gasteiger partial charge is 0.267 e. The van der Waals surface area contributed by atoms with Crippen molar-refractivity contribution in [1.82, 2.24) is 0 Å². The number of carbonyl (C=O) groups excluding carboxylic acids is 1. The fraction of sp³-hybridized carbons (Fsp3) is 0. The predicted molar refractivity (Wildman–Crippen MR) is 47.9 cm³/mol. The lowest BCUT2D eigenvalue weighted by Crippen LogP contribution is -1.92. The molecule has 0 fully saturated rings. The summed E-state index contributed by atoms with van der Waals surface area (Å²) >= 11 is 0. The molecular formula is C10H7NO. The van der Waals surface area contributed by atoms with Gasteiger partial charge < -0.3 is 0 Å². The van der Waals surface area contributed by atoms with Crippen LogP contribution in [0.3, 0.4) is 0 Å². The number of aliphatic imine (C=N–C) groups is 1. The van der Waals surface area contributed by atoms with Crippen LogP contribution >= 0.6 is 0 Å². The second kappa shape index (κ2) is 2.74. The van der Waals surface area contributed by atoms with Gasteiger partial charge in [-0.05, 0) is 11.6 Å². The molecule has 1 amide bonds. The van der Waals surface area contributed by atoms with Crippen molar-refractivity contribution >= 4 is 17.7 Å². The number of carbonyl (C=O) groups is 1. The third-order valence-electron chi connectivity index (χ3n) is 1.75. The molecule has 0 saturated heterocycles. The van der Waals surface area contributed by atoms with Crippen LogP contribution in [0.15, 0.2) is 41.4 Å². The monoisotopic (exact) mass is 157 g/mol. The quantitative estimate of drug-likeness (QED) is 0.609. The number of nitrogens with zero attached hydrogens (tertiary/aromatic N) is 1. The second-order valence-electron chi connectivity index (χ2n) is 2.53. The van der Waals surface area contributed by atoms with E-state index < -0.39 is 0 Å². The predicted octanol–water partition coefficient (Wildman–Crippen LogP) is 1.68. The van der Waals surface area contributed by atoms with E-state index in [-0.39, 0.29) is 5.91 Å². The van der Waals surface area contributed by atoms with Gasteiger partial charge in [0.15, 0.2) is 0 Å². The largest absolute Gasteiger partial charge is 0.277 e. The maximum absolute atomic E-state index is 11.1. The van der Waals surface area contributed by atoms with E-state index in [1.54, 1.807) is 6.08 Å². The highest BCUT2D eigenvalue weighted by atomic mass is 16.1. The Balaban J connectivity index is 2.40. The normalized spacial score (nSPS) is 15.0. The molecule has 1 aliphatic rings. The summed E-state index contributed by atoms with van der Waals surface area (Å²) in [6, 6.07) is 9.53. The highest BCUT2D eigenvalue weighted by molar-refractivity contribution is 6.28. The van der Waals surface area contributed by atoms with Crippen LogP contribution in [0.4, 0.5) is 0 Å². The Bertz CT molecular complexity index is 363. The van der Waals surface area contributed by atoms with E-state index >= 15 is 0 Å². The van der Waals surface area contributed by atoms with Gasteiger partial charge in [0.25, 0.3) is 5.91 Å². The van der Waals surface area contributed by atoms with Crippen LogP contribution in [0.1, 0.15) is 5.56 Å². The SMILES string of the molecule is O=C1N=CC=C1c1ccccc1. The summed E-state index contributed by atoms with van der Waals surface area (Å²) in [5.74, 6) is -0.152. The minimum Gasteiger partial charge on any atom is -0.267 e. The van der Waals surface area contributed by atoms with Gasteiger partial charge in [-0.1, -0.05) is 30.3 Å². The van der Waals surface area contributed by atoms with E-state index in [2.05, 4.69) is 4.99 Å². The van der Waals surface area contributed by atoms with Crippen LogP contribution in [0.5, 0.6) is 0 Å². The molecule has 1 aromatic carbocycles. The molecule has 12 heavy (non-hydrogen) atoms. The van der Waals surface area contributed by atoms with Crippen molar-refractivity contribution in [3.63, 3.8) is 0 Å². The van der Waals surface area contributed by atoms with Gasteiger partial charge in [0.2, 0.25) is 0 Å². The Labute approximate surface area is 70.3 Å². The summed E-state index contributed by atoms with van der Waals surface area (Å²) in [6.45, 7) is 0. The van der Waals surface area contributed by atoms with Gasteiger partial charge >= 0.3 is 0 Å². The molecule has 0 N–H and O–H groups in total. The molecule has 0 unspecified atom stereocenters. The first kappa shape index (κ1) is 6.98. The van der Waals surface area contributed by atoms with Crippen molar-refractivity contribution in [2.24, 2.45) is 4.99 Å². The first-order chi connectivity index (χ1) is 5.88. The standard InChI is InChI=1S/C10H7NO/c12-10-9(6-7-11-10)8-4-2-1-3-5-8/h1-7H. The molecule has 2 nitrogen and oxygen atoms in total. The summed E-state index contributed by atoms with van der Waals surface area (Å²) < 4.78 is 0. The molecule has 1 heterocycles. The van der Waals surface area contributed by atoms with Gasteiger partial charge in [-0.3, -0.25) is 4.79 Å². The summed E-state index contributed by atoms with van der Waals surface area (Å²) in [7, 11) is 0. The van der Waals surface area contributed by atoms with E-state index in [1.165, 1.54) is 6.21 Å². The molecule has 2 rings (SSSR count). The molecule has 2 heteroatoms. The first-order valence-corrected chi connectivity index (χ1v) is 3.72. The Kier molecular flexibility index (Phi) is 1.59. The Morgan fingerprint density at radius 3 is 2.42 bits per heavy atom. The lowest BCUT2D eigenvalue weighted by Gasteiger charge is -1.97. The van der Waals surface area contributed by atoms with Crippen LogP contribution in [0.25, 0.3) is 5.57 Å². The Hall–Kier alpha value is -1.70. The maximum Gasteiger partial charge on any atom is 0.277 e. The summed E-state index contributed by atoms with van der Waals surface area (Å²) in [6.07, 6.45) is 3.27. The van der Waals surface area contributed by atoms with E-state index in [9.17, 15) is 4.79 Å². The number of amides is 1. The average molecular weight is 157 g/mol. The molecule has 0 saturated carbocycles. The minimum atomic E-state index is -0.152. The third-order valence-corrected chi connectivity index (χ3v) is 1.75. The van der Waals surface area contributed by atoms with Gasteiger partial charge in [0.05, 0.1) is 5.57 Å². The van der Waals surface area contributed by atoms with Gasteiger partial charge in [0, 0.05) is 6.21 Å². The molecule has 0 aliphatic carbocycles. The van der Waals surface area contributed by atoms with Crippen molar-refractivity contribution in [2.75, 3.05) is 0 Å². The number of benzene rings is 1. The van der Waals surface area contributed by atoms with Gasteiger partial charge in [-0.25, -0.2) is 4.99 Å². The van der Waals surface area contributed by atoms with Gasteiger partial charge in [-0.15, -0.1) is 0 Å². The Morgan fingerprint density at radius 2 is 1.83 bits per heavy atom. The first-order valence-electron chi connectivity index (χ1n) is 3.72. The van der Waals surface area contributed by atoms with Gasteiger partial charge in [-0.2, -0.15) is 0 Å². The Morgan fingerprint density at radius 1 is 1.08 bits per heavy atom. The number of hydrogen-bond acceptors (Lipinski definition) is 1. The summed E-state index contributed by atoms with van der Waals surface area (Å²) in [5.41, 5.74) is 1.61. The van der Waals surface area contributed by atoms with Crippen molar-refractivity contribution in [3.05, 3.63) is 42.0 Å². The highest BCUT2D eigenvalue weighted by Crippen LogP contribution is 2.17. The fourth-order valence-corrected chi connectivity index (χ4v) is 1.16. The van der Waals surface area contributed by atoms with Gasteiger partial charge in [0.1, 0.15) is 0 Å². The molecular weight excluding hydrogens is 150 g/mol. The molecule has 58 valence electrons. The van der Waals surface area contributed by atoms with Crippen LogP contribution in [0, 0.1) is 0 Å². The van der Waals surface area contributed by atoms with E-state index in [4.69, 9.17) is 0 Å². The van der Waals surface area contributed by atoms with Crippen molar-refractivity contribution in [3.8, 4) is 0 Å². The van der Waals surface area contributed by atoms with Crippen molar-refractivity contribution in [1.29, 1.82) is 0 Å². The molecule has 0 aromatic heterocycles. The third kappa shape index (κ3) is 1.07. The highest BCUT2D eigenvalue weighted by Gasteiger charge is 2.12.